The molecule has 1 atom stereocenters. The van der Waals surface area contributed by atoms with Crippen molar-refractivity contribution in [1.29, 1.82) is 0 Å². The molecule has 2 heterocycles. The monoisotopic (exact) mass is 715 g/mol. The van der Waals surface area contributed by atoms with Crippen molar-refractivity contribution in [2.45, 2.75) is 46.8 Å². The van der Waals surface area contributed by atoms with Gasteiger partial charge in [-0.2, -0.15) is 0 Å². The predicted octanol–water partition coefficient (Wildman–Crippen LogP) is 6.48. The predicted molar refractivity (Wildman–Crippen MR) is 199 cm³/mol. The maximum atomic E-state index is 14.5. The van der Waals surface area contributed by atoms with Crippen molar-refractivity contribution in [2.75, 3.05) is 33.9 Å². The SMILES string of the molecule is C=CCc1cc(/C=c2\sc3n(c2=O)[C@@H](c2cc(OC)ccc2OC)C(C(=O)N(CC)CC)=C(C)N=3)cc(OCC)c1OCc1ccccc1Cl. The summed E-state index contributed by atoms with van der Waals surface area (Å²) in [5, 5.41) is 0.616. The number of carbonyl (C=O) groups excluding carboxylic acids is 1. The van der Waals surface area contributed by atoms with Gasteiger partial charge in [0.2, 0.25) is 0 Å². The van der Waals surface area contributed by atoms with Gasteiger partial charge in [-0.3, -0.25) is 14.2 Å². The highest BCUT2D eigenvalue weighted by Gasteiger charge is 2.36. The molecule has 1 amide bonds. The molecular weight excluding hydrogens is 674 g/mol. The molecule has 0 saturated heterocycles. The molecule has 5 rings (SSSR count). The van der Waals surface area contributed by atoms with Crippen LogP contribution in [-0.2, 0) is 17.8 Å². The van der Waals surface area contributed by atoms with E-state index in [0.717, 1.165) is 16.7 Å². The quantitative estimate of drug-likeness (QED) is 0.139. The minimum atomic E-state index is -0.803. The summed E-state index contributed by atoms with van der Waals surface area (Å²) in [5.74, 6) is 2.03. The normalized spacial score (nSPS) is 14.1. The van der Waals surface area contributed by atoms with E-state index in [1.807, 2.05) is 76.2 Å². The number of aromatic nitrogens is 1. The summed E-state index contributed by atoms with van der Waals surface area (Å²) >= 11 is 7.66. The van der Waals surface area contributed by atoms with Crippen LogP contribution in [0.2, 0.25) is 5.02 Å². The van der Waals surface area contributed by atoms with Gasteiger partial charge in [0.15, 0.2) is 16.3 Å². The summed E-state index contributed by atoms with van der Waals surface area (Å²) in [6, 6.07) is 15.9. The van der Waals surface area contributed by atoms with Gasteiger partial charge in [0.1, 0.15) is 24.1 Å². The van der Waals surface area contributed by atoms with E-state index in [4.69, 9.17) is 35.5 Å². The number of likely N-dealkylation sites (N-methyl/N-ethyl adjacent to an activating group) is 1. The number of benzene rings is 3. The summed E-state index contributed by atoms with van der Waals surface area (Å²) in [6.07, 6.45) is 4.12. The van der Waals surface area contributed by atoms with Gasteiger partial charge >= 0.3 is 0 Å². The van der Waals surface area contributed by atoms with Crippen molar-refractivity contribution in [3.63, 3.8) is 0 Å². The van der Waals surface area contributed by atoms with Gasteiger partial charge in [-0.15, -0.1) is 6.58 Å². The number of allylic oxidation sites excluding steroid dienone is 2. The van der Waals surface area contributed by atoms with Crippen LogP contribution < -0.4 is 33.8 Å². The van der Waals surface area contributed by atoms with E-state index < -0.39 is 6.04 Å². The Labute approximate surface area is 301 Å². The zero-order valence-electron chi connectivity index (χ0n) is 29.2. The minimum absolute atomic E-state index is 0.191. The molecular formula is C39H42ClN3O6S. The molecule has 9 nitrogen and oxygen atoms in total. The fourth-order valence-corrected chi connectivity index (χ4v) is 7.28. The molecule has 4 aromatic rings. The summed E-state index contributed by atoms with van der Waals surface area (Å²) < 4.78 is 25.7. The number of amides is 1. The van der Waals surface area contributed by atoms with Gasteiger partial charge in [-0.05, 0) is 82.2 Å². The van der Waals surface area contributed by atoms with E-state index >= 15 is 0 Å². The first-order valence-electron chi connectivity index (χ1n) is 16.5. The number of hydrogen-bond acceptors (Lipinski definition) is 8. The van der Waals surface area contributed by atoms with Crippen molar-refractivity contribution < 1.29 is 23.7 Å². The number of rotatable bonds is 14. The molecule has 0 spiro atoms. The highest BCUT2D eigenvalue weighted by molar-refractivity contribution is 7.07. The number of methoxy groups -OCH3 is 2. The summed E-state index contributed by atoms with van der Waals surface area (Å²) in [6.45, 7) is 13.2. The Bertz CT molecular complexity index is 2110. The standard InChI is InChI=1S/C39H42ClN3O6S/c1-8-14-26-19-25(20-32(48-11-4)36(26)49-23-27-15-12-13-16-30(27)40)21-33-37(44)43-35(29-22-28(46-6)17-18-31(29)47-7)34(24(5)41-39(43)50-33)38(45)42(9-2)10-3/h8,12-13,15-22,35H,1,9-11,14,23H2,2-7H3/b33-21-/t35-/m0/s1. The lowest BCUT2D eigenvalue weighted by Crippen LogP contribution is -2.43. The Morgan fingerprint density at radius 3 is 2.44 bits per heavy atom. The van der Waals surface area contributed by atoms with E-state index in [1.165, 1.54) is 11.3 Å². The van der Waals surface area contributed by atoms with E-state index in [9.17, 15) is 9.59 Å². The van der Waals surface area contributed by atoms with Crippen LogP contribution in [0.15, 0.2) is 88.3 Å². The van der Waals surface area contributed by atoms with Crippen LogP contribution in [0, 0.1) is 0 Å². The molecule has 1 aliphatic rings. The van der Waals surface area contributed by atoms with Crippen molar-refractivity contribution >= 4 is 34.9 Å². The Balaban J connectivity index is 1.69. The molecule has 0 N–H and O–H groups in total. The molecule has 1 aliphatic heterocycles. The zero-order valence-corrected chi connectivity index (χ0v) is 30.8. The summed E-state index contributed by atoms with van der Waals surface area (Å²) in [7, 11) is 3.14. The van der Waals surface area contributed by atoms with Crippen LogP contribution in [0.5, 0.6) is 23.0 Å². The average molecular weight is 716 g/mol. The molecule has 1 aromatic heterocycles. The van der Waals surface area contributed by atoms with Crippen molar-refractivity contribution in [1.82, 2.24) is 9.47 Å². The topological polar surface area (TPSA) is 91.6 Å². The first kappa shape index (κ1) is 36.5. The maximum absolute atomic E-state index is 14.5. The number of nitrogens with zero attached hydrogens (tertiary/aromatic N) is 3. The maximum Gasteiger partial charge on any atom is 0.271 e. The molecule has 0 unspecified atom stereocenters. The number of carbonyl (C=O) groups is 1. The molecule has 0 bridgehead atoms. The third-order valence-electron chi connectivity index (χ3n) is 8.48. The van der Waals surface area contributed by atoms with Gasteiger partial charge in [0.25, 0.3) is 11.5 Å². The molecule has 262 valence electrons. The molecule has 11 heteroatoms. The molecule has 50 heavy (non-hydrogen) atoms. The lowest BCUT2D eigenvalue weighted by molar-refractivity contribution is -0.127. The van der Waals surface area contributed by atoms with E-state index in [1.54, 1.807) is 41.9 Å². The van der Waals surface area contributed by atoms with Gasteiger partial charge in [0.05, 0.1) is 36.6 Å². The van der Waals surface area contributed by atoms with Gasteiger partial charge < -0.3 is 23.8 Å². The number of ether oxygens (including phenoxy) is 4. The summed E-state index contributed by atoms with van der Waals surface area (Å²) in [4.78, 5) is 35.6. The lowest BCUT2D eigenvalue weighted by Gasteiger charge is -2.30. The molecule has 3 aromatic carbocycles. The van der Waals surface area contributed by atoms with Gasteiger partial charge in [-0.1, -0.05) is 47.2 Å². The van der Waals surface area contributed by atoms with Crippen molar-refractivity contribution in [2.24, 2.45) is 4.99 Å². The van der Waals surface area contributed by atoms with Crippen LogP contribution in [0.3, 0.4) is 0 Å². The van der Waals surface area contributed by atoms with Crippen molar-refractivity contribution in [3.8, 4) is 23.0 Å². The Hall–Kier alpha value is -4.80. The fourth-order valence-electron chi connectivity index (χ4n) is 6.04. The molecule has 0 saturated carbocycles. The van der Waals surface area contributed by atoms with E-state index in [0.29, 0.717) is 80.3 Å². The first-order valence-corrected chi connectivity index (χ1v) is 17.7. The van der Waals surface area contributed by atoms with Gasteiger partial charge in [0, 0.05) is 34.8 Å². The zero-order chi connectivity index (χ0) is 35.9. The Morgan fingerprint density at radius 1 is 1.02 bits per heavy atom. The van der Waals surface area contributed by atoms with Crippen molar-refractivity contribution in [3.05, 3.63) is 125 Å². The summed E-state index contributed by atoms with van der Waals surface area (Å²) in [5.41, 5.74) is 3.72. The van der Waals surface area contributed by atoms with Crippen LogP contribution in [0.1, 0.15) is 56.0 Å². The smallest absolute Gasteiger partial charge is 0.271 e. The minimum Gasteiger partial charge on any atom is -0.497 e. The van der Waals surface area contributed by atoms with Gasteiger partial charge in [-0.25, -0.2) is 4.99 Å². The number of halogens is 1. The lowest BCUT2D eigenvalue weighted by atomic mass is 9.93. The second-order valence-corrected chi connectivity index (χ2v) is 12.9. The fraction of sp³-hybridized carbons (Fsp3) is 0.308. The number of fused-ring (bicyclic) bond motifs is 1. The van der Waals surface area contributed by atoms with E-state index in [-0.39, 0.29) is 18.1 Å². The first-order chi connectivity index (χ1) is 24.2. The second kappa shape index (κ2) is 16.3. The second-order valence-electron chi connectivity index (χ2n) is 11.5. The number of hydrogen-bond donors (Lipinski definition) is 0. The number of thiazole rings is 1. The molecule has 0 aliphatic carbocycles. The average Bonchev–Trinajstić information content (AvgIpc) is 3.41. The van der Waals surface area contributed by atoms with Crippen LogP contribution in [-0.4, -0.2) is 49.3 Å². The molecule has 0 radical (unpaired) electrons. The molecule has 0 fully saturated rings. The highest BCUT2D eigenvalue weighted by Crippen LogP contribution is 2.39. The third kappa shape index (κ3) is 7.37. The third-order valence-corrected chi connectivity index (χ3v) is 9.83. The van der Waals surface area contributed by atoms with Crippen LogP contribution in [0.25, 0.3) is 6.08 Å². The Kier molecular flexibility index (Phi) is 11.9. The Morgan fingerprint density at radius 2 is 1.78 bits per heavy atom. The largest absolute Gasteiger partial charge is 0.497 e. The van der Waals surface area contributed by atoms with E-state index in [2.05, 4.69) is 6.58 Å². The van der Waals surface area contributed by atoms with Crippen LogP contribution in [0.4, 0.5) is 0 Å². The van der Waals surface area contributed by atoms with Crippen LogP contribution >= 0.6 is 22.9 Å². The highest BCUT2D eigenvalue weighted by atomic mass is 35.5.